The van der Waals surface area contributed by atoms with Crippen molar-refractivity contribution in [3.63, 3.8) is 0 Å². The second-order valence-corrected chi connectivity index (χ2v) is 6.56. The van der Waals surface area contributed by atoms with Crippen molar-refractivity contribution >= 4 is 8.56 Å². The average Bonchev–Trinajstić information content (AvgIpc) is 2.03. The van der Waals surface area contributed by atoms with Crippen LogP contribution in [0, 0.1) is 0 Å². The summed E-state index contributed by atoms with van der Waals surface area (Å²) in [6.07, 6.45) is 0. The lowest BCUT2D eigenvalue weighted by atomic mass is 10.7. The molecule has 0 aliphatic rings. The minimum Gasteiger partial charge on any atom is -0.388 e. The minimum atomic E-state index is -2.34. The quantitative estimate of drug-likeness (QED) is 0.614. The van der Waals surface area contributed by atoms with E-state index in [1.54, 1.807) is 0 Å². The van der Waals surface area contributed by atoms with Crippen LogP contribution in [0.1, 0.15) is 27.7 Å². The van der Waals surface area contributed by atoms with Crippen LogP contribution in [0.25, 0.3) is 0 Å². The van der Waals surface area contributed by atoms with Crippen LogP contribution in [0.4, 0.5) is 0 Å². The van der Waals surface area contributed by atoms with Gasteiger partial charge in [-0.2, -0.15) is 0 Å². The van der Waals surface area contributed by atoms with Crippen LogP contribution >= 0.6 is 0 Å². The van der Waals surface area contributed by atoms with E-state index in [4.69, 9.17) is 8.85 Å². The van der Waals surface area contributed by atoms with E-state index in [0.717, 1.165) is 10.4 Å². The molecule has 0 spiro atoms. The molecule has 0 unspecified atom stereocenters. The molecule has 0 radical (unpaired) electrons. The monoisotopic (exact) mass is 200 g/mol. The lowest BCUT2D eigenvalue weighted by Gasteiger charge is -2.30. The number of rotatable bonds is 6. The standard InChI is InChI=1S/C10H20O2Si/c1-7-11-13(9(3)4,10(5)6)12-8-2/h3,5,7-8H2,1-2,4,6H3. The summed E-state index contributed by atoms with van der Waals surface area (Å²) in [7, 11) is -2.34. The first-order chi connectivity index (χ1) is 6.01. The number of hydrogen-bond acceptors (Lipinski definition) is 2. The van der Waals surface area contributed by atoms with Crippen molar-refractivity contribution in [2.24, 2.45) is 0 Å². The third-order valence-corrected chi connectivity index (χ3v) is 5.46. The van der Waals surface area contributed by atoms with Crippen molar-refractivity contribution < 1.29 is 8.85 Å². The molecule has 0 rings (SSSR count). The van der Waals surface area contributed by atoms with E-state index in [-0.39, 0.29) is 0 Å². The van der Waals surface area contributed by atoms with Crippen LogP contribution in [0.2, 0.25) is 0 Å². The van der Waals surface area contributed by atoms with E-state index in [9.17, 15) is 0 Å². The van der Waals surface area contributed by atoms with Crippen molar-refractivity contribution in [2.75, 3.05) is 13.2 Å². The first-order valence-corrected chi connectivity index (χ1v) is 6.42. The predicted octanol–water partition coefficient (Wildman–Crippen LogP) is 2.73. The Balaban J connectivity index is 4.80. The molecule has 0 bridgehead atoms. The Bertz CT molecular complexity index is 177. The zero-order valence-corrected chi connectivity index (χ0v) is 10.1. The second-order valence-electron chi connectivity index (χ2n) is 3.04. The van der Waals surface area contributed by atoms with Gasteiger partial charge in [0.15, 0.2) is 0 Å². The van der Waals surface area contributed by atoms with Crippen molar-refractivity contribution in [1.82, 2.24) is 0 Å². The fourth-order valence-corrected chi connectivity index (χ4v) is 3.92. The van der Waals surface area contributed by atoms with Crippen LogP contribution in [-0.4, -0.2) is 21.8 Å². The molecular formula is C10H20O2Si. The summed E-state index contributed by atoms with van der Waals surface area (Å²) in [6.45, 7) is 17.0. The van der Waals surface area contributed by atoms with E-state index < -0.39 is 8.56 Å². The van der Waals surface area contributed by atoms with Gasteiger partial charge in [-0.1, -0.05) is 13.2 Å². The Labute approximate surface area is 82.5 Å². The fourth-order valence-electron chi connectivity index (χ4n) is 1.31. The summed E-state index contributed by atoms with van der Waals surface area (Å²) in [6, 6.07) is 0. The van der Waals surface area contributed by atoms with E-state index in [2.05, 4.69) is 13.2 Å². The topological polar surface area (TPSA) is 18.5 Å². The highest BCUT2D eigenvalue weighted by Gasteiger charge is 2.39. The molecule has 0 atom stereocenters. The summed E-state index contributed by atoms with van der Waals surface area (Å²) in [5, 5.41) is 1.95. The van der Waals surface area contributed by atoms with Crippen molar-refractivity contribution in [2.45, 2.75) is 27.7 Å². The molecule has 76 valence electrons. The third-order valence-electron chi connectivity index (χ3n) is 1.82. The molecular weight excluding hydrogens is 180 g/mol. The molecule has 0 saturated carbocycles. The molecule has 13 heavy (non-hydrogen) atoms. The van der Waals surface area contributed by atoms with Gasteiger partial charge in [-0.15, -0.1) is 0 Å². The van der Waals surface area contributed by atoms with E-state index in [1.165, 1.54) is 0 Å². The van der Waals surface area contributed by atoms with Crippen LogP contribution in [-0.2, 0) is 8.85 Å². The minimum absolute atomic E-state index is 0.645. The van der Waals surface area contributed by atoms with Gasteiger partial charge in [-0.3, -0.25) is 0 Å². The van der Waals surface area contributed by atoms with Gasteiger partial charge in [0, 0.05) is 13.2 Å². The van der Waals surface area contributed by atoms with Crippen LogP contribution in [0.3, 0.4) is 0 Å². The molecule has 0 aromatic carbocycles. The molecule has 3 heteroatoms. The highest BCUT2D eigenvalue weighted by molar-refractivity contribution is 6.81. The van der Waals surface area contributed by atoms with Gasteiger partial charge in [0.25, 0.3) is 0 Å². The number of allylic oxidation sites excluding steroid dienone is 2. The van der Waals surface area contributed by atoms with Crippen LogP contribution < -0.4 is 0 Å². The van der Waals surface area contributed by atoms with Gasteiger partial charge >= 0.3 is 8.56 Å². The second kappa shape index (κ2) is 5.37. The smallest absolute Gasteiger partial charge is 0.388 e. The SMILES string of the molecule is C=C(C)[Si](OCC)(OCC)C(=C)C. The molecule has 0 saturated heterocycles. The third kappa shape index (κ3) is 2.79. The zero-order chi connectivity index (χ0) is 10.5. The molecule has 0 N–H and O–H groups in total. The maximum absolute atomic E-state index is 5.71. The van der Waals surface area contributed by atoms with Crippen molar-refractivity contribution in [1.29, 1.82) is 0 Å². The Kier molecular flexibility index (Phi) is 5.21. The molecule has 0 aromatic heterocycles. The van der Waals surface area contributed by atoms with Crippen molar-refractivity contribution in [3.8, 4) is 0 Å². The molecule has 0 aliphatic carbocycles. The van der Waals surface area contributed by atoms with E-state index in [0.29, 0.717) is 13.2 Å². The number of hydrogen-bond donors (Lipinski definition) is 0. The van der Waals surface area contributed by atoms with Gasteiger partial charge in [0.1, 0.15) is 0 Å². The Morgan fingerprint density at radius 3 is 1.46 bits per heavy atom. The van der Waals surface area contributed by atoms with Gasteiger partial charge in [0.2, 0.25) is 0 Å². The molecule has 0 aliphatic heterocycles. The highest BCUT2D eigenvalue weighted by Crippen LogP contribution is 2.23. The van der Waals surface area contributed by atoms with Crippen LogP contribution in [0.15, 0.2) is 23.6 Å². The maximum Gasteiger partial charge on any atom is 0.397 e. The molecule has 0 aromatic rings. The first kappa shape index (κ1) is 12.6. The summed E-state index contributed by atoms with van der Waals surface area (Å²) >= 11 is 0. The molecule has 0 heterocycles. The van der Waals surface area contributed by atoms with Gasteiger partial charge in [0.05, 0.1) is 0 Å². The summed E-state index contributed by atoms with van der Waals surface area (Å²) in [4.78, 5) is 0. The lowest BCUT2D eigenvalue weighted by molar-refractivity contribution is 0.200. The van der Waals surface area contributed by atoms with Gasteiger partial charge in [-0.25, -0.2) is 0 Å². The zero-order valence-electron chi connectivity index (χ0n) is 9.14. The lowest BCUT2D eigenvalue weighted by Crippen LogP contribution is -2.45. The Morgan fingerprint density at radius 1 is 1.00 bits per heavy atom. The average molecular weight is 200 g/mol. The van der Waals surface area contributed by atoms with Crippen molar-refractivity contribution in [3.05, 3.63) is 23.6 Å². The maximum atomic E-state index is 5.71. The van der Waals surface area contributed by atoms with E-state index >= 15 is 0 Å². The normalized spacial score (nSPS) is 11.4. The van der Waals surface area contributed by atoms with Crippen LogP contribution in [0.5, 0.6) is 0 Å². The molecule has 0 fully saturated rings. The summed E-state index contributed by atoms with van der Waals surface area (Å²) in [5.74, 6) is 0. The Hall–Kier alpha value is -0.383. The summed E-state index contributed by atoms with van der Waals surface area (Å²) in [5.41, 5.74) is 0. The summed E-state index contributed by atoms with van der Waals surface area (Å²) < 4.78 is 11.4. The molecule has 2 nitrogen and oxygen atoms in total. The largest absolute Gasteiger partial charge is 0.397 e. The van der Waals surface area contributed by atoms with Gasteiger partial charge < -0.3 is 8.85 Å². The molecule has 0 amide bonds. The Morgan fingerprint density at radius 2 is 1.31 bits per heavy atom. The highest BCUT2D eigenvalue weighted by atomic mass is 28.4. The van der Waals surface area contributed by atoms with Gasteiger partial charge in [-0.05, 0) is 38.1 Å². The predicted molar refractivity (Wildman–Crippen MR) is 58.6 cm³/mol. The first-order valence-electron chi connectivity index (χ1n) is 4.61. The van der Waals surface area contributed by atoms with E-state index in [1.807, 2.05) is 27.7 Å². The fraction of sp³-hybridized carbons (Fsp3) is 0.600.